The van der Waals surface area contributed by atoms with Crippen LogP contribution in [0.15, 0.2) is 12.1 Å². The monoisotopic (exact) mass is 301 g/mol. The summed E-state index contributed by atoms with van der Waals surface area (Å²) < 4.78 is 6.08. The smallest absolute Gasteiger partial charge is 0.223 e. The van der Waals surface area contributed by atoms with Crippen LogP contribution >= 0.6 is 0 Å². The first-order valence-electron chi connectivity index (χ1n) is 8.35. The number of rotatable bonds is 2. The molecule has 22 heavy (non-hydrogen) atoms. The molecule has 0 spiro atoms. The van der Waals surface area contributed by atoms with Gasteiger partial charge in [0.25, 0.3) is 0 Å². The highest BCUT2D eigenvalue weighted by atomic mass is 16.5. The van der Waals surface area contributed by atoms with Crippen molar-refractivity contribution < 1.29 is 9.53 Å². The molecule has 3 aliphatic heterocycles. The molecule has 0 N–H and O–H groups in total. The maximum Gasteiger partial charge on any atom is 0.223 e. The Balaban J connectivity index is 1.49. The molecule has 2 saturated heterocycles. The van der Waals surface area contributed by atoms with E-state index in [0.29, 0.717) is 12.3 Å². The Morgan fingerprint density at radius 2 is 1.95 bits per heavy atom. The summed E-state index contributed by atoms with van der Waals surface area (Å²) >= 11 is 0. The first kappa shape index (κ1) is 14.0. The number of fused-ring (bicyclic) bond motifs is 3. The predicted molar refractivity (Wildman–Crippen MR) is 82.8 cm³/mol. The Kier molecular flexibility index (Phi) is 3.53. The molecule has 0 aromatic carbocycles. The quantitative estimate of drug-likeness (QED) is 0.835. The van der Waals surface area contributed by atoms with Crippen molar-refractivity contribution in [2.24, 2.45) is 0 Å². The van der Waals surface area contributed by atoms with E-state index in [4.69, 9.17) is 9.72 Å². The lowest BCUT2D eigenvalue weighted by atomic mass is 9.97. The first-order valence-corrected chi connectivity index (χ1v) is 8.35. The maximum atomic E-state index is 11.9. The minimum atomic E-state index is 0.251. The van der Waals surface area contributed by atoms with Crippen LogP contribution in [0.3, 0.4) is 0 Å². The molecule has 3 aliphatic rings. The number of carbonyl (C=O) groups excluding carboxylic acids is 1. The normalized spacial score (nSPS) is 26.0. The first-order chi connectivity index (χ1) is 10.7. The molecule has 5 nitrogen and oxygen atoms in total. The van der Waals surface area contributed by atoms with Crippen LogP contribution < -0.4 is 4.74 Å². The predicted octanol–water partition coefficient (Wildman–Crippen LogP) is 1.77. The summed E-state index contributed by atoms with van der Waals surface area (Å²) in [6.45, 7) is 2.99. The zero-order valence-electron chi connectivity index (χ0n) is 13.1. The molecule has 1 aromatic heterocycles. The molecular formula is C17H23N3O2. The number of piperidine rings is 1. The Bertz CT molecular complexity index is 581. The number of aromatic nitrogens is 1. The number of carbonyl (C=O) groups is 1. The summed E-state index contributed by atoms with van der Waals surface area (Å²) in [7, 11) is 2.15. The zero-order valence-corrected chi connectivity index (χ0v) is 13.1. The summed E-state index contributed by atoms with van der Waals surface area (Å²) in [5, 5.41) is 0. The van der Waals surface area contributed by atoms with Crippen molar-refractivity contribution in [2.45, 2.75) is 44.2 Å². The maximum absolute atomic E-state index is 11.9. The minimum absolute atomic E-state index is 0.251. The van der Waals surface area contributed by atoms with Crippen molar-refractivity contribution in [3.05, 3.63) is 23.4 Å². The van der Waals surface area contributed by atoms with Gasteiger partial charge in [-0.15, -0.1) is 0 Å². The molecule has 4 heterocycles. The standard InChI is InChI=1S/C17H23N3O2/c1-19-9-6-12(7-10-19)22-16-4-2-13-14(18-16)8-11-20-15(13)3-5-17(20)21/h2,4,12,15H,3,5-11H2,1H3. The van der Waals surface area contributed by atoms with E-state index in [-0.39, 0.29) is 12.1 Å². The zero-order chi connectivity index (χ0) is 15.1. The van der Waals surface area contributed by atoms with E-state index in [0.717, 1.165) is 56.9 Å². The molecular weight excluding hydrogens is 278 g/mol. The molecule has 1 aromatic rings. The van der Waals surface area contributed by atoms with Crippen LogP contribution in [-0.2, 0) is 11.2 Å². The van der Waals surface area contributed by atoms with Crippen LogP contribution in [0.4, 0.5) is 0 Å². The van der Waals surface area contributed by atoms with Gasteiger partial charge in [0.05, 0.1) is 11.7 Å². The van der Waals surface area contributed by atoms with E-state index >= 15 is 0 Å². The molecule has 1 atom stereocenters. The average Bonchev–Trinajstić information content (AvgIpc) is 2.91. The third-order valence-electron chi connectivity index (χ3n) is 5.21. The number of amides is 1. The lowest BCUT2D eigenvalue weighted by molar-refractivity contribution is -0.129. The Morgan fingerprint density at radius 1 is 1.14 bits per heavy atom. The van der Waals surface area contributed by atoms with Crippen molar-refractivity contribution in [3.63, 3.8) is 0 Å². The van der Waals surface area contributed by atoms with Gasteiger partial charge in [-0.2, -0.15) is 0 Å². The molecule has 0 saturated carbocycles. The number of hydrogen-bond donors (Lipinski definition) is 0. The molecule has 4 rings (SSSR count). The van der Waals surface area contributed by atoms with Gasteiger partial charge < -0.3 is 14.5 Å². The van der Waals surface area contributed by atoms with Gasteiger partial charge in [-0.1, -0.05) is 0 Å². The van der Waals surface area contributed by atoms with Crippen LogP contribution in [0.2, 0.25) is 0 Å². The summed E-state index contributed by atoms with van der Waals surface area (Å²) in [5.74, 6) is 1.05. The number of hydrogen-bond acceptors (Lipinski definition) is 4. The number of nitrogens with zero attached hydrogens (tertiary/aromatic N) is 3. The van der Waals surface area contributed by atoms with Crippen LogP contribution in [-0.4, -0.2) is 53.5 Å². The van der Waals surface area contributed by atoms with Gasteiger partial charge >= 0.3 is 0 Å². The van der Waals surface area contributed by atoms with Gasteiger partial charge in [0.15, 0.2) is 0 Å². The van der Waals surface area contributed by atoms with Crippen molar-refractivity contribution in [1.29, 1.82) is 0 Å². The molecule has 0 aliphatic carbocycles. The lowest BCUT2D eigenvalue weighted by Crippen LogP contribution is -2.36. The van der Waals surface area contributed by atoms with E-state index < -0.39 is 0 Å². The number of pyridine rings is 1. The second-order valence-electron chi connectivity index (χ2n) is 6.70. The summed E-state index contributed by atoms with van der Waals surface area (Å²) in [6, 6.07) is 4.37. The van der Waals surface area contributed by atoms with Gasteiger partial charge in [0.1, 0.15) is 6.10 Å². The minimum Gasteiger partial charge on any atom is -0.474 e. The molecule has 0 bridgehead atoms. The van der Waals surface area contributed by atoms with E-state index in [2.05, 4.69) is 18.0 Å². The van der Waals surface area contributed by atoms with Gasteiger partial charge in [-0.05, 0) is 37.9 Å². The molecule has 1 amide bonds. The lowest BCUT2D eigenvalue weighted by Gasteiger charge is -2.32. The van der Waals surface area contributed by atoms with Crippen molar-refractivity contribution in [3.8, 4) is 5.88 Å². The third kappa shape index (κ3) is 2.47. The van der Waals surface area contributed by atoms with Crippen LogP contribution in [0, 0.1) is 0 Å². The Morgan fingerprint density at radius 3 is 2.77 bits per heavy atom. The Labute approximate surface area is 131 Å². The molecule has 5 heteroatoms. The van der Waals surface area contributed by atoms with Gasteiger partial charge in [0.2, 0.25) is 11.8 Å². The van der Waals surface area contributed by atoms with Crippen molar-refractivity contribution in [1.82, 2.24) is 14.8 Å². The second-order valence-corrected chi connectivity index (χ2v) is 6.70. The van der Waals surface area contributed by atoms with Gasteiger partial charge in [0, 0.05) is 38.5 Å². The van der Waals surface area contributed by atoms with Crippen molar-refractivity contribution >= 4 is 5.91 Å². The molecule has 1 unspecified atom stereocenters. The summed E-state index contributed by atoms with van der Waals surface area (Å²) in [4.78, 5) is 20.9. The number of ether oxygens (including phenoxy) is 1. The number of likely N-dealkylation sites (tertiary alicyclic amines) is 1. The summed E-state index contributed by atoms with van der Waals surface area (Å²) in [5.41, 5.74) is 2.36. The molecule has 2 fully saturated rings. The topological polar surface area (TPSA) is 45.7 Å². The molecule has 0 radical (unpaired) electrons. The molecule has 118 valence electrons. The fourth-order valence-corrected chi connectivity index (χ4v) is 3.90. The highest BCUT2D eigenvalue weighted by Crippen LogP contribution is 2.38. The SMILES string of the molecule is CN1CCC(Oc2ccc3c(n2)CCN2C(=O)CCC32)CC1. The van der Waals surface area contributed by atoms with E-state index in [1.807, 2.05) is 11.0 Å². The fraction of sp³-hybridized carbons (Fsp3) is 0.647. The van der Waals surface area contributed by atoms with Crippen LogP contribution in [0.5, 0.6) is 5.88 Å². The van der Waals surface area contributed by atoms with E-state index in [1.165, 1.54) is 5.56 Å². The van der Waals surface area contributed by atoms with Gasteiger partial charge in [-0.25, -0.2) is 4.98 Å². The average molecular weight is 301 g/mol. The third-order valence-corrected chi connectivity index (χ3v) is 5.21. The van der Waals surface area contributed by atoms with Gasteiger partial charge in [-0.3, -0.25) is 4.79 Å². The van der Waals surface area contributed by atoms with E-state index in [1.54, 1.807) is 0 Å². The largest absolute Gasteiger partial charge is 0.474 e. The van der Waals surface area contributed by atoms with E-state index in [9.17, 15) is 4.79 Å². The van der Waals surface area contributed by atoms with Crippen LogP contribution in [0.1, 0.15) is 43.0 Å². The van der Waals surface area contributed by atoms with Crippen molar-refractivity contribution in [2.75, 3.05) is 26.7 Å². The second kappa shape index (κ2) is 5.54. The Hall–Kier alpha value is -1.62. The summed E-state index contributed by atoms with van der Waals surface area (Å²) in [6.07, 6.45) is 4.89. The fourth-order valence-electron chi connectivity index (χ4n) is 3.90. The highest BCUT2D eigenvalue weighted by molar-refractivity contribution is 5.79. The van der Waals surface area contributed by atoms with Crippen LogP contribution in [0.25, 0.3) is 0 Å². The highest BCUT2D eigenvalue weighted by Gasteiger charge is 2.36.